The molecule has 1 heterocycles. The van der Waals surface area contributed by atoms with Gasteiger partial charge in [0.25, 0.3) is 0 Å². The first-order chi connectivity index (χ1) is 9.63. The Labute approximate surface area is 124 Å². The molecule has 1 aliphatic heterocycles. The minimum Gasteiger partial charge on any atom is -0.493 e. The molecule has 0 spiro atoms. The lowest BCUT2D eigenvalue weighted by Gasteiger charge is -2.27. The third-order valence-electron chi connectivity index (χ3n) is 3.44. The standard InChI is InChI=1S/C14H20ClN3O2/c1-4-7-18-10(8-17-14(18)16)9-5-6-11(19-2)13(20-3)12(9)15/h5-6,10H,4,7-8H2,1-3H3,(H2,16,17). The molecule has 2 N–H and O–H groups in total. The van der Waals surface area contributed by atoms with E-state index in [2.05, 4.69) is 16.8 Å². The largest absolute Gasteiger partial charge is 0.493 e. The molecule has 0 bridgehead atoms. The minimum atomic E-state index is 0.0576. The van der Waals surface area contributed by atoms with Crippen molar-refractivity contribution in [2.75, 3.05) is 27.3 Å². The fourth-order valence-electron chi connectivity index (χ4n) is 2.47. The van der Waals surface area contributed by atoms with E-state index in [-0.39, 0.29) is 6.04 Å². The second-order valence-electron chi connectivity index (χ2n) is 4.61. The van der Waals surface area contributed by atoms with Crippen molar-refractivity contribution in [3.8, 4) is 11.5 Å². The third kappa shape index (κ3) is 2.50. The van der Waals surface area contributed by atoms with E-state index in [1.807, 2.05) is 12.1 Å². The number of benzene rings is 1. The van der Waals surface area contributed by atoms with Gasteiger partial charge in [-0.3, -0.25) is 4.99 Å². The van der Waals surface area contributed by atoms with E-state index in [0.717, 1.165) is 18.5 Å². The monoisotopic (exact) mass is 297 g/mol. The molecule has 1 aromatic carbocycles. The van der Waals surface area contributed by atoms with Crippen LogP contribution in [-0.4, -0.2) is 38.2 Å². The van der Waals surface area contributed by atoms with Crippen LogP contribution in [0.15, 0.2) is 17.1 Å². The van der Waals surface area contributed by atoms with Crippen molar-refractivity contribution >= 4 is 17.6 Å². The molecule has 0 radical (unpaired) electrons. The van der Waals surface area contributed by atoms with Crippen LogP contribution in [0.1, 0.15) is 24.9 Å². The van der Waals surface area contributed by atoms with Crippen molar-refractivity contribution in [3.05, 3.63) is 22.7 Å². The van der Waals surface area contributed by atoms with Crippen LogP contribution < -0.4 is 15.2 Å². The first-order valence-electron chi connectivity index (χ1n) is 6.60. The van der Waals surface area contributed by atoms with E-state index in [4.69, 9.17) is 26.8 Å². The maximum absolute atomic E-state index is 6.46. The Balaban J connectivity index is 2.38. The van der Waals surface area contributed by atoms with E-state index in [9.17, 15) is 0 Å². The summed E-state index contributed by atoms with van der Waals surface area (Å²) in [5.41, 5.74) is 6.91. The lowest BCUT2D eigenvalue weighted by Crippen LogP contribution is -2.36. The Hall–Kier alpha value is -1.62. The lowest BCUT2D eigenvalue weighted by molar-refractivity contribution is 0.338. The molecule has 2 rings (SSSR count). The van der Waals surface area contributed by atoms with Gasteiger partial charge >= 0.3 is 0 Å². The number of methoxy groups -OCH3 is 2. The molecule has 1 aliphatic rings. The van der Waals surface area contributed by atoms with Gasteiger partial charge in [-0.05, 0) is 18.1 Å². The first-order valence-corrected chi connectivity index (χ1v) is 6.98. The second-order valence-corrected chi connectivity index (χ2v) is 4.99. The predicted octanol–water partition coefficient (Wildman–Crippen LogP) is 2.44. The van der Waals surface area contributed by atoms with Crippen molar-refractivity contribution in [2.24, 2.45) is 10.7 Å². The molecule has 1 unspecified atom stereocenters. The summed E-state index contributed by atoms with van der Waals surface area (Å²) >= 11 is 6.46. The average Bonchev–Trinajstić information content (AvgIpc) is 2.80. The molecule has 6 heteroatoms. The molecule has 5 nitrogen and oxygen atoms in total. The fourth-order valence-corrected chi connectivity index (χ4v) is 2.83. The molecule has 0 saturated carbocycles. The van der Waals surface area contributed by atoms with Gasteiger partial charge in [0.05, 0.1) is 31.8 Å². The normalized spacial score (nSPS) is 18.1. The highest BCUT2D eigenvalue weighted by atomic mass is 35.5. The highest BCUT2D eigenvalue weighted by molar-refractivity contribution is 6.33. The zero-order valence-corrected chi connectivity index (χ0v) is 12.8. The maximum Gasteiger partial charge on any atom is 0.191 e. The van der Waals surface area contributed by atoms with Crippen LogP contribution in [0, 0.1) is 0 Å². The zero-order valence-electron chi connectivity index (χ0n) is 12.0. The number of hydrogen-bond donors (Lipinski definition) is 1. The van der Waals surface area contributed by atoms with Crippen LogP contribution in [0.2, 0.25) is 5.02 Å². The molecule has 0 amide bonds. The second kappa shape index (κ2) is 6.22. The summed E-state index contributed by atoms with van der Waals surface area (Å²) in [4.78, 5) is 6.40. The minimum absolute atomic E-state index is 0.0576. The molecule has 1 atom stereocenters. The maximum atomic E-state index is 6.46. The lowest BCUT2D eigenvalue weighted by atomic mass is 10.0. The Morgan fingerprint density at radius 3 is 2.75 bits per heavy atom. The van der Waals surface area contributed by atoms with Gasteiger partial charge in [0, 0.05) is 6.54 Å². The van der Waals surface area contributed by atoms with Gasteiger partial charge in [-0.2, -0.15) is 0 Å². The number of rotatable bonds is 5. The highest BCUT2D eigenvalue weighted by Crippen LogP contribution is 2.41. The van der Waals surface area contributed by atoms with Gasteiger partial charge in [-0.25, -0.2) is 0 Å². The summed E-state index contributed by atoms with van der Waals surface area (Å²) in [5.74, 6) is 1.74. The number of nitrogens with zero attached hydrogens (tertiary/aromatic N) is 2. The smallest absolute Gasteiger partial charge is 0.191 e. The van der Waals surface area contributed by atoms with Crippen molar-refractivity contribution in [3.63, 3.8) is 0 Å². The average molecular weight is 298 g/mol. The molecule has 20 heavy (non-hydrogen) atoms. The Bertz CT molecular complexity index is 519. The third-order valence-corrected chi connectivity index (χ3v) is 3.82. The predicted molar refractivity (Wildman–Crippen MR) is 80.8 cm³/mol. The molecule has 0 aromatic heterocycles. The number of nitrogens with two attached hydrogens (primary N) is 1. The van der Waals surface area contributed by atoms with Gasteiger partial charge in [0.15, 0.2) is 17.5 Å². The van der Waals surface area contributed by atoms with E-state index in [0.29, 0.717) is 29.0 Å². The van der Waals surface area contributed by atoms with E-state index in [1.54, 1.807) is 14.2 Å². The molecular formula is C14H20ClN3O2. The summed E-state index contributed by atoms with van der Waals surface area (Å²) < 4.78 is 10.6. The van der Waals surface area contributed by atoms with Crippen molar-refractivity contribution in [1.82, 2.24) is 4.90 Å². The van der Waals surface area contributed by atoms with Crippen LogP contribution in [-0.2, 0) is 0 Å². The molecule has 110 valence electrons. The molecular weight excluding hydrogens is 278 g/mol. The number of ether oxygens (including phenoxy) is 2. The quantitative estimate of drug-likeness (QED) is 0.907. The van der Waals surface area contributed by atoms with Crippen molar-refractivity contribution in [2.45, 2.75) is 19.4 Å². The molecule has 0 aliphatic carbocycles. The summed E-state index contributed by atoms with van der Waals surface area (Å²) in [6.07, 6.45) is 0.998. The first kappa shape index (κ1) is 14.8. The summed E-state index contributed by atoms with van der Waals surface area (Å²) in [6.45, 7) is 3.57. The molecule has 1 aromatic rings. The van der Waals surface area contributed by atoms with E-state index >= 15 is 0 Å². The van der Waals surface area contributed by atoms with Gasteiger partial charge in [0.2, 0.25) is 0 Å². The van der Waals surface area contributed by atoms with E-state index < -0.39 is 0 Å². The van der Waals surface area contributed by atoms with Gasteiger partial charge < -0.3 is 20.1 Å². The summed E-state index contributed by atoms with van der Waals surface area (Å²) in [5, 5.41) is 0.558. The van der Waals surface area contributed by atoms with E-state index in [1.165, 1.54) is 0 Å². The Morgan fingerprint density at radius 2 is 2.15 bits per heavy atom. The van der Waals surface area contributed by atoms with Crippen LogP contribution in [0.5, 0.6) is 11.5 Å². The fraction of sp³-hybridized carbons (Fsp3) is 0.500. The van der Waals surface area contributed by atoms with Crippen LogP contribution in [0.3, 0.4) is 0 Å². The number of halogens is 1. The highest BCUT2D eigenvalue weighted by Gasteiger charge is 2.30. The summed E-state index contributed by atoms with van der Waals surface area (Å²) in [7, 11) is 3.17. The number of hydrogen-bond acceptors (Lipinski definition) is 5. The Morgan fingerprint density at radius 1 is 1.40 bits per heavy atom. The molecule has 0 fully saturated rings. The zero-order chi connectivity index (χ0) is 14.7. The van der Waals surface area contributed by atoms with Crippen molar-refractivity contribution in [1.29, 1.82) is 0 Å². The van der Waals surface area contributed by atoms with Gasteiger partial charge in [-0.1, -0.05) is 24.6 Å². The number of aliphatic imine (C=N–C) groups is 1. The van der Waals surface area contributed by atoms with Crippen LogP contribution >= 0.6 is 11.6 Å². The van der Waals surface area contributed by atoms with Crippen molar-refractivity contribution < 1.29 is 9.47 Å². The summed E-state index contributed by atoms with van der Waals surface area (Å²) in [6, 6.07) is 3.87. The van der Waals surface area contributed by atoms with Gasteiger partial charge in [0.1, 0.15) is 0 Å². The Kier molecular flexibility index (Phi) is 4.60. The van der Waals surface area contributed by atoms with Gasteiger partial charge in [-0.15, -0.1) is 0 Å². The van der Waals surface area contributed by atoms with Crippen LogP contribution in [0.25, 0.3) is 0 Å². The topological polar surface area (TPSA) is 60.1 Å². The molecule has 0 saturated heterocycles. The van der Waals surface area contributed by atoms with Crippen LogP contribution in [0.4, 0.5) is 0 Å². The number of guanidine groups is 1. The SMILES string of the molecule is CCCN1C(N)=NCC1c1ccc(OC)c(OC)c1Cl.